The highest BCUT2D eigenvalue weighted by Gasteiger charge is 2.47. The van der Waals surface area contributed by atoms with Crippen LogP contribution < -0.4 is 18.9 Å². The highest BCUT2D eigenvalue weighted by molar-refractivity contribution is 6.46. The van der Waals surface area contributed by atoms with Gasteiger partial charge in [-0.2, -0.15) is 0 Å². The Morgan fingerprint density at radius 2 is 1.78 bits per heavy atom. The smallest absolute Gasteiger partial charge is 0.295 e. The number of rotatable bonds is 9. The van der Waals surface area contributed by atoms with E-state index >= 15 is 0 Å². The number of Topliss-reactive ketones (excluding diaryl/α,β-unsaturated/α-hetero) is 1. The van der Waals surface area contributed by atoms with E-state index in [2.05, 4.69) is 4.90 Å². The molecule has 0 aliphatic carbocycles. The van der Waals surface area contributed by atoms with E-state index in [0.717, 1.165) is 13.1 Å². The molecule has 1 atom stereocenters. The number of carbonyl (C=O) groups is 2. The van der Waals surface area contributed by atoms with Gasteiger partial charge < -0.3 is 33.9 Å². The van der Waals surface area contributed by atoms with Gasteiger partial charge in [0.2, 0.25) is 0 Å². The number of aliphatic hydroxyl groups is 1. The molecule has 9 nitrogen and oxygen atoms in total. The number of hydrogen-bond acceptors (Lipinski definition) is 8. The van der Waals surface area contributed by atoms with Gasteiger partial charge in [-0.3, -0.25) is 9.59 Å². The number of hydrogen-bond donors (Lipinski definition) is 1. The van der Waals surface area contributed by atoms with Crippen molar-refractivity contribution in [2.75, 3.05) is 53.6 Å². The number of ketones is 1. The monoisotopic (exact) mass is 496 g/mol. The van der Waals surface area contributed by atoms with Gasteiger partial charge in [0.15, 0.2) is 23.0 Å². The first kappa shape index (κ1) is 25.4. The van der Waals surface area contributed by atoms with Crippen LogP contribution in [0.5, 0.6) is 23.0 Å². The average Bonchev–Trinajstić information content (AvgIpc) is 3.17. The van der Waals surface area contributed by atoms with Crippen molar-refractivity contribution in [1.29, 1.82) is 0 Å². The number of carbonyl (C=O) groups excluding carboxylic acids is 2. The second kappa shape index (κ2) is 10.9. The molecule has 192 valence electrons. The number of benzene rings is 2. The van der Waals surface area contributed by atoms with Crippen LogP contribution in [0.3, 0.4) is 0 Å². The summed E-state index contributed by atoms with van der Waals surface area (Å²) in [5, 5.41) is 11.4. The van der Waals surface area contributed by atoms with Crippen molar-refractivity contribution in [2.24, 2.45) is 0 Å². The predicted octanol–water partition coefficient (Wildman–Crippen LogP) is 3.24. The lowest BCUT2D eigenvalue weighted by Crippen LogP contribution is -2.38. The summed E-state index contributed by atoms with van der Waals surface area (Å²) in [5.41, 5.74) is 0.894. The molecule has 0 aromatic heterocycles. The van der Waals surface area contributed by atoms with Crippen LogP contribution in [0.2, 0.25) is 0 Å². The first-order chi connectivity index (χ1) is 17.4. The maximum Gasteiger partial charge on any atom is 0.295 e. The van der Waals surface area contributed by atoms with Crippen LogP contribution in [0, 0.1) is 0 Å². The molecule has 1 amide bonds. The van der Waals surface area contributed by atoms with Crippen molar-refractivity contribution < 1.29 is 33.6 Å². The third-order valence-corrected chi connectivity index (χ3v) is 6.64. The number of para-hydroxylation sites is 1. The van der Waals surface area contributed by atoms with Crippen molar-refractivity contribution in [3.05, 3.63) is 53.1 Å². The van der Waals surface area contributed by atoms with Gasteiger partial charge in [-0.25, -0.2) is 0 Å². The number of aliphatic hydroxyl groups excluding tert-OH is 1. The van der Waals surface area contributed by atoms with E-state index in [1.54, 1.807) is 36.4 Å². The van der Waals surface area contributed by atoms with Crippen LogP contribution >= 0.6 is 0 Å². The molecule has 36 heavy (non-hydrogen) atoms. The Morgan fingerprint density at radius 3 is 2.44 bits per heavy atom. The summed E-state index contributed by atoms with van der Waals surface area (Å²) in [5.74, 6) is 0.176. The fourth-order valence-electron chi connectivity index (χ4n) is 4.70. The highest BCUT2D eigenvalue weighted by Crippen LogP contribution is 2.46. The Labute approximate surface area is 210 Å². The SMILES string of the molecule is CCN(CC)CCN1C(=O)C(=O)/C(=C(/O)c2ccc3c(c2)OCCO3)C1c1cccc(OC)c1OC. The van der Waals surface area contributed by atoms with Crippen LogP contribution in [-0.2, 0) is 9.59 Å². The summed E-state index contributed by atoms with van der Waals surface area (Å²) in [7, 11) is 3.03. The molecule has 0 bridgehead atoms. The summed E-state index contributed by atoms with van der Waals surface area (Å²) in [6.07, 6.45) is 0. The molecule has 0 saturated carbocycles. The van der Waals surface area contributed by atoms with Gasteiger partial charge >= 0.3 is 0 Å². The quantitative estimate of drug-likeness (QED) is 0.321. The van der Waals surface area contributed by atoms with Gasteiger partial charge in [0, 0.05) is 24.2 Å². The minimum absolute atomic E-state index is 0.0113. The van der Waals surface area contributed by atoms with Crippen molar-refractivity contribution in [3.8, 4) is 23.0 Å². The first-order valence-corrected chi connectivity index (χ1v) is 12.1. The van der Waals surface area contributed by atoms with Crippen LogP contribution in [0.25, 0.3) is 5.76 Å². The van der Waals surface area contributed by atoms with Crippen LogP contribution in [0.15, 0.2) is 42.0 Å². The van der Waals surface area contributed by atoms with Crippen molar-refractivity contribution in [1.82, 2.24) is 9.80 Å². The van der Waals surface area contributed by atoms with E-state index in [1.807, 2.05) is 13.8 Å². The zero-order chi connectivity index (χ0) is 25.8. The highest BCUT2D eigenvalue weighted by atomic mass is 16.6. The second-order valence-corrected chi connectivity index (χ2v) is 8.46. The molecule has 0 radical (unpaired) electrons. The Morgan fingerprint density at radius 1 is 1.06 bits per heavy atom. The Balaban J connectivity index is 1.86. The largest absolute Gasteiger partial charge is 0.507 e. The summed E-state index contributed by atoms with van der Waals surface area (Å²) in [6, 6.07) is 9.37. The zero-order valence-electron chi connectivity index (χ0n) is 21.1. The summed E-state index contributed by atoms with van der Waals surface area (Å²) < 4.78 is 22.3. The van der Waals surface area contributed by atoms with Gasteiger partial charge in [0.1, 0.15) is 19.0 Å². The van der Waals surface area contributed by atoms with Crippen LogP contribution in [0.4, 0.5) is 0 Å². The van der Waals surface area contributed by atoms with Crippen LogP contribution in [0.1, 0.15) is 31.0 Å². The zero-order valence-corrected chi connectivity index (χ0v) is 21.1. The lowest BCUT2D eigenvalue weighted by atomic mass is 9.94. The van der Waals surface area contributed by atoms with Gasteiger partial charge in [-0.1, -0.05) is 26.0 Å². The van der Waals surface area contributed by atoms with Gasteiger partial charge in [-0.05, 0) is 37.4 Å². The van der Waals surface area contributed by atoms with Crippen molar-refractivity contribution >= 4 is 17.4 Å². The molecule has 1 N–H and O–H groups in total. The predicted molar refractivity (Wildman–Crippen MR) is 134 cm³/mol. The minimum atomic E-state index is -0.862. The molecule has 4 rings (SSSR count). The molecule has 2 aliphatic rings. The van der Waals surface area contributed by atoms with Crippen LogP contribution in [-0.4, -0.2) is 80.2 Å². The first-order valence-electron chi connectivity index (χ1n) is 12.1. The fourth-order valence-corrected chi connectivity index (χ4v) is 4.70. The molecule has 1 fully saturated rings. The lowest BCUT2D eigenvalue weighted by molar-refractivity contribution is -0.140. The summed E-state index contributed by atoms with van der Waals surface area (Å²) in [4.78, 5) is 30.4. The van der Waals surface area contributed by atoms with E-state index in [1.165, 1.54) is 19.1 Å². The number of nitrogens with zero attached hydrogens (tertiary/aromatic N) is 2. The van der Waals surface area contributed by atoms with E-state index < -0.39 is 17.7 Å². The van der Waals surface area contributed by atoms with Gasteiger partial charge in [-0.15, -0.1) is 0 Å². The maximum absolute atomic E-state index is 13.4. The number of methoxy groups -OCH3 is 2. The second-order valence-electron chi connectivity index (χ2n) is 8.46. The molecule has 2 aromatic rings. The molecular formula is C27H32N2O7. The van der Waals surface area contributed by atoms with E-state index in [9.17, 15) is 14.7 Å². The lowest BCUT2D eigenvalue weighted by Gasteiger charge is -2.29. The Kier molecular flexibility index (Phi) is 7.69. The number of ether oxygens (including phenoxy) is 4. The molecule has 2 heterocycles. The van der Waals surface area contributed by atoms with Crippen molar-refractivity contribution in [2.45, 2.75) is 19.9 Å². The van der Waals surface area contributed by atoms with E-state index in [0.29, 0.717) is 60.4 Å². The molecule has 2 aromatic carbocycles. The standard InChI is InChI=1S/C27H32N2O7/c1-5-28(6-2)12-13-29-23(18-8-7-9-20(33-3)26(18)34-4)22(25(31)27(29)32)24(30)17-10-11-19-21(16-17)36-15-14-35-19/h7-11,16,23,30H,5-6,12-15H2,1-4H3/b24-22+. The Hall–Kier alpha value is -3.72. The molecule has 1 saturated heterocycles. The molecular weight excluding hydrogens is 464 g/mol. The normalized spacial score (nSPS) is 18.6. The van der Waals surface area contributed by atoms with E-state index in [-0.39, 0.29) is 11.3 Å². The molecule has 9 heteroatoms. The fraction of sp³-hybridized carbons (Fsp3) is 0.407. The molecule has 2 aliphatic heterocycles. The van der Waals surface area contributed by atoms with Gasteiger partial charge in [0.05, 0.1) is 25.8 Å². The van der Waals surface area contributed by atoms with E-state index in [4.69, 9.17) is 18.9 Å². The summed E-state index contributed by atoms with van der Waals surface area (Å²) in [6.45, 7) is 7.40. The number of fused-ring (bicyclic) bond motifs is 1. The molecule has 0 spiro atoms. The topological polar surface area (TPSA) is 97.8 Å². The average molecular weight is 497 g/mol. The van der Waals surface area contributed by atoms with Gasteiger partial charge in [0.25, 0.3) is 11.7 Å². The molecule has 1 unspecified atom stereocenters. The third kappa shape index (κ3) is 4.58. The Bertz CT molecular complexity index is 1170. The number of amides is 1. The van der Waals surface area contributed by atoms with Crippen molar-refractivity contribution in [3.63, 3.8) is 0 Å². The number of likely N-dealkylation sites (tertiary alicyclic amines) is 1. The summed E-state index contributed by atoms with van der Waals surface area (Å²) >= 11 is 0. The maximum atomic E-state index is 13.4. The third-order valence-electron chi connectivity index (χ3n) is 6.64. The number of likely N-dealkylation sites (N-methyl/N-ethyl adjacent to an activating group) is 1. The minimum Gasteiger partial charge on any atom is -0.507 e.